The van der Waals surface area contributed by atoms with E-state index in [1.54, 1.807) is 31.4 Å². The van der Waals surface area contributed by atoms with E-state index in [9.17, 15) is 10.2 Å². The molecule has 2 N–H and O–H groups in total. The Morgan fingerprint density at radius 1 is 0.962 bits per heavy atom. The van der Waals surface area contributed by atoms with E-state index >= 15 is 0 Å². The van der Waals surface area contributed by atoms with Crippen LogP contribution in [0.4, 0.5) is 0 Å². The van der Waals surface area contributed by atoms with Crippen molar-refractivity contribution in [3.63, 3.8) is 0 Å². The minimum absolute atomic E-state index is 0.149. The lowest BCUT2D eigenvalue weighted by Crippen LogP contribution is -2.26. The van der Waals surface area contributed by atoms with Gasteiger partial charge in [-0.25, -0.2) is 0 Å². The Morgan fingerprint density at radius 3 is 2.42 bits per heavy atom. The SMILES string of the molecule is COC1=CC=C(C2c3ccc(O)cc3OCC2c2ccc(O)cc2)CC1. The van der Waals surface area contributed by atoms with Gasteiger partial charge in [0, 0.05) is 29.9 Å². The number of phenols is 2. The molecule has 0 saturated heterocycles. The van der Waals surface area contributed by atoms with Crippen LogP contribution in [0.5, 0.6) is 17.2 Å². The Hall–Kier alpha value is -2.88. The number of hydrogen-bond donors (Lipinski definition) is 2. The van der Waals surface area contributed by atoms with Crippen LogP contribution in [0.15, 0.2) is 65.9 Å². The van der Waals surface area contributed by atoms with Crippen molar-refractivity contribution in [3.8, 4) is 17.2 Å². The van der Waals surface area contributed by atoms with Gasteiger partial charge in [0.2, 0.25) is 0 Å². The van der Waals surface area contributed by atoms with Crippen molar-refractivity contribution in [1.29, 1.82) is 0 Å². The molecule has 1 aliphatic carbocycles. The van der Waals surface area contributed by atoms with E-state index in [1.807, 2.05) is 24.3 Å². The Morgan fingerprint density at radius 2 is 1.73 bits per heavy atom. The second kappa shape index (κ2) is 6.79. The zero-order valence-corrected chi connectivity index (χ0v) is 14.7. The van der Waals surface area contributed by atoms with Gasteiger partial charge in [-0.15, -0.1) is 0 Å². The molecule has 0 aromatic heterocycles. The lowest BCUT2D eigenvalue weighted by atomic mass is 9.73. The number of phenolic OH excluding ortho intramolecular Hbond substituents is 2. The van der Waals surface area contributed by atoms with Gasteiger partial charge < -0.3 is 19.7 Å². The lowest BCUT2D eigenvalue weighted by Gasteiger charge is -2.36. The summed E-state index contributed by atoms with van der Waals surface area (Å²) in [6, 6.07) is 12.7. The maximum absolute atomic E-state index is 9.82. The molecule has 134 valence electrons. The average molecular weight is 350 g/mol. The molecule has 0 amide bonds. The summed E-state index contributed by atoms with van der Waals surface area (Å²) in [5.41, 5.74) is 3.56. The normalized spacial score (nSPS) is 21.9. The summed E-state index contributed by atoms with van der Waals surface area (Å²) in [6.07, 6.45) is 6.01. The topological polar surface area (TPSA) is 58.9 Å². The summed E-state index contributed by atoms with van der Waals surface area (Å²) >= 11 is 0. The monoisotopic (exact) mass is 350 g/mol. The third-order valence-electron chi connectivity index (χ3n) is 5.28. The summed E-state index contributed by atoms with van der Waals surface area (Å²) in [6.45, 7) is 0.532. The van der Waals surface area contributed by atoms with Crippen molar-refractivity contribution < 1.29 is 19.7 Å². The van der Waals surface area contributed by atoms with Crippen LogP contribution in [0, 0.1) is 0 Å². The van der Waals surface area contributed by atoms with Crippen molar-refractivity contribution in [2.45, 2.75) is 24.7 Å². The van der Waals surface area contributed by atoms with E-state index in [-0.39, 0.29) is 23.3 Å². The van der Waals surface area contributed by atoms with Crippen LogP contribution >= 0.6 is 0 Å². The molecule has 2 atom stereocenters. The zero-order valence-electron chi connectivity index (χ0n) is 14.7. The molecule has 0 saturated carbocycles. The van der Waals surface area contributed by atoms with Crippen LogP contribution in [0.3, 0.4) is 0 Å². The third kappa shape index (κ3) is 3.03. The predicted molar refractivity (Wildman–Crippen MR) is 99.6 cm³/mol. The second-order valence-corrected chi connectivity index (χ2v) is 6.79. The Bertz CT molecular complexity index is 864. The molecule has 4 nitrogen and oxygen atoms in total. The number of fused-ring (bicyclic) bond motifs is 1. The van der Waals surface area contributed by atoms with Gasteiger partial charge in [0.25, 0.3) is 0 Å². The predicted octanol–water partition coefficient (Wildman–Crippen LogP) is 4.61. The van der Waals surface area contributed by atoms with E-state index < -0.39 is 0 Å². The number of benzene rings is 2. The van der Waals surface area contributed by atoms with E-state index in [1.165, 1.54) is 5.57 Å². The van der Waals surface area contributed by atoms with Crippen LogP contribution < -0.4 is 4.74 Å². The highest BCUT2D eigenvalue weighted by Gasteiger charge is 2.35. The van der Waals surface area contributed by atoms with Crippen LogP contribution in [0.25, 0.3) is 0 Å². The fraction of sp³-hybridized carbons (Fsp3) is 0.273. The van der Waals surface area contributed by atoms with Gasteiger partial charge >= 0.3 is 0 Å². The number of aromatic hydroxyl groups is 2. The van der Waals surface area contributed by atoms with Crippen LogP contribution in [-0.4, -0.2) is 23.9 Å². The summed E-state index contributed by atoms with van der Waals surface area (Å²) < 4.78 is 11.3. The van der Waals surface area contributed by atoms with Gasteiger partial charge in [-0.2, -0.15) is 0 Å². The summed E-state index contributed by atoms with van der Waals surface area (Å²) in [4.78, 5) is 0. The molecule has 2 aromatic carbocycles. The number of ether oxygens (including phenoxy) is 2. The molecular formula is C22H22O4. The molecule has 4 rings (SSSR count). The number of hydrogen-bond acceptors (Lipinski definition) is 4. The van der Waals surface area contributed by atoms with Crippen molar-refractivity contribution in [3.05, 3.63) is 77.1 Å². The van der Waals surface area contributed by atoms with Gasteiger partial charge in [0.15, 0.2) is 0 Å². The molecular weight excluding hydrogens is 328 g/mol. The van der Waals surface area contributed by atoms with Crippen molar-refractivity contribution in [1.82, 2.24) is 0 Å². The molecule has 0 bridgehead atoms. The molecule has 2 unspecified atom stereocenters. The van der Waals surface area contributed by atoms with E-state index in [4.69, 9.17) is 9.47 Å². The first kappa shape index (κ1) is 16.6. The molecule has 4 heteroatoms. The molecule has 2 aliphatic rings. The van der Waals surface area contributed by atoms with Gasteiger partial charge in [-0.1, -0.05) is 29.8 Å². The first-order valence-corrected chi connectivity index (χ1v) is 8.84. The Balaban J connectivity index is 1.79. The molecule has 0 radical (unpaired) electrons. The minimum atomic E-state index is 0.149. The van der Waals surface area contributed by atoms with Crippen LogP contribution in [-0.2, 0) is 4.74 Å². The Labute approximate surface area is 153 Å². The van der Waals surface area contributed by atoms with Crippen LogP contribution in [0.1, 0.15) is 35.8 Å². The maximum atomic E-state index is 9.82. The van der Waals surface area contributed by atoms with Crippen molar-refractivity contribution >= 4 is 0 Å². The van der Waals surface area contributed by atoms with E-state index in [0.717, 1.165) is 35.5 Å². The van der Waals surface area contributed by atoms with Crippen molar-refractivity contribution in [2.24, 2.45) is 0 Å². The van der Waals surface area contributed by atoms with E-state index in [2.05, 4.69) is 6.08 Å². The largest absolute Gasteiger partial charge is 0.508 e. The molecule has 26 heavy (non-hydrogen) atoms. The highest BCUT2D eigenvalue weighted by atomic mass is 16.5. The lowest BCUT2D eigenvalue weighted by molar-refractivity contribution is 0.242. The minimum Gasteiger partial charge on any atom is -0.508 e. The summed E-state index contributed by atoms with van der Waals surface area (Å²) in [5.74, 6) is 2.52. The van der Waals surface area contributed by atoms with Crippen LogP contribution in [0.2, 0.25) is 0 Å². The zero-order chi connectivity index (χ0) is 18.1. The highest BCUT2D eigenvalue weighted by Crippen LogP contribution is 2.49. The molecule has 1 aliphatic heterocycles. The number of methoxy groups -OCH3 is 1. The summed E-state index contributed by atoms with van der Waals surface area (Å²) in [7, 11) is 1.70. The molecule has 0 spiro atoms. The highest BCUT2D eigenvalue weighted by molar-refractivity contribution is 5.50. The number of rotatable bonds is 3. The van der Waals surface area contributed by atoms with E-state index in [0.29, 0.717) is 6.61 Å². The quantitative estimate of drug-likeness (QED) is 0.849. The van der Waals surface area contributed by atoms with Gasteiger partial charge in [-0.3, -0.25) is 0 Å². The maximum Gasteiger partial charge on any atom is 0.126 e. The Kier molecular flexibility index (Phi) is 4.33. The standard InChI is InChI=1S/C22H22O4/c1-25-18-9-4-15(5-10-18)22-19-11-8-17(24)12-21(19)26-13-20(22)14-2-6-16(23)7-3-14/h2-4,6-9,11-12,20,22-24H,5,10,13H2,1H3. The number of allylic oxidation sites excluding steroid dienone is 4. The third-order valence-corrected chi connectivity index (χ3v) is 5.28. The van der Waals surface area contributed by atoms with Gasteiger partial charge in [0.05, 0.1) is 19.5 Å². The fourth-order valence-corrected chi connectivity index (χ4v) is 3.93. The smallest absolute Gasteiger partial charge is 0.126 e. The van der Waals surface area contributed by atoms with Gasteiger partial charge in [0.1, 0.15) is 17.2 Å². The first-order chi connectivity index (χ1) is 12.7. The van der Waals surface area contributed by atoms with Gasteiger partial charge in [-0.05, 0) is 36.3 Å². The molecule has 1 heterocycles. The fourth-order valence-electron chi connectivity index (χ4n) is 3.93. The molecule has 2 aromatic rings. The average Bonchev–Trinajstić information content (AvgIpc) is 2.68. The summed E-state index contributed by atoms with van der Waals surface area (Å²) in [5, 5.41) is 19.4. The molecule has 0 fully saturated rings. The second-order valence-electron chi connectivity index (χ2n) is 6.79. The first-order valence-electron chi connectivity index (χ1n) is 8.84. The van der Waals surface area contributed by atoms with Crippen molar-refractivity contribution in [2.75, 3.05) is 13.7 Å².